The van der Waals surface area contributed by atoms with Crippen molar-refractivity contribution in [2.45, 2.75) is 26.9 Å². The molecular weight excluding hydrogens is 320 g/mol. The summed E-state index contributed by atoms with van der Waals surface area (Å²) in [6.07, 6.45) is 1.72. The van der Waals surface area contributed by atoms with Crippen molar-refractivity contribution in [1.29, 1.82) is 0 Å². The van der Waals surface area contributed by atoms with Crippen molar-refractivity contribution in [3.8, 4) is 11.5 Å². The number of carboxylic acids is 1. The molecule has 2 aromatic rings. The molecule has 132 valence electrons. The Morgan fingerprint density at radius 1 is 1.20 bits per heavy atom. The van der Waals surface area contributed by atoms with E-state index in [1.807, 2.05) is 39.0 Å². The van der Waals surface area contributed by atoms with Crippen LogP contribution in [0.1, 0.15) is 36.7 Å². The second-order valence-electron chi connectivity index (χ2n) is 5.56. The summed E-state index contributed by atoms with van der Waals surface area (Å²) in [4.78, 5) is 10.8. The van der Waals surface area contributed by atoms with E-state index in [1.54, 1.807) is 18.3 Å². The lowest BCUT2D eigenvalue weighted by molar-refractivity contribution is 0.0697. The molecule has 0 saturated heterocycles. The lowest BCUT2D eigenvalue weighted by Gasteiger charge is -2.14. The van der Waals surface area contributed by atoms with Crippen molar-refractivity contribution in [2.24, 2.45) is 5.10 Å². The summed E-state index contributed by atoms with van der Waals surface area (Å²) >= 11 is 0. The molecular formula is C19H22N2O4. The van der Waals surface area contributed by atoms with Gasteiger partial charge in [-0.3, -0.25) is 5.43 Å². The van der Waals surface area contributed by atoms with Crippen LogP contribution in [0.4, 0.5) is 5.69 Å². The molecule has 0 aliphatic rings. The highest BCUT2D eigenvalue weighted by Gasteiger charge is 2.07. The summed E-state index contributed by atoms with van der Waals surface area (Å²) in [5, 5.41) is 13.0. The van der Waals surface area contributed by atoms with E-state index < -0.39 is 5.97 Å². The van der Waals surface area contributed by atoms with E-state index in [0.717, 1.165) is 5.56 Å². The number of carboxylic acid groups (broad SMARTS) is 1. The summed E-state index contributed by atoms with van der Waals surface area (Å²) < 4.78 is 11.3. The highest BCUT2D eigenvalue weighted by Crippen LogP contribution is 2.29. The van der Waals surface area contributed by atoms with E-state index in [2.05, 4.69) is 10.5 Å². The smallest absolute Gasteiger partial charge is 0.335 e. The van der Waals surface area contributed by atoms with Gasteiger partial charge in [0.25, 0.3) is 0 Å². The molecule has 0 aliphatic heterocycles. The van der Waals surface area contributed by atoms with E-state index in [9.17, 15) is 4.79 Å². The molecule has 6 nitrogen and oxygen atoms in total. The number of nitrogens with one attached hydrogen (secondary N) is 1. The minimum absolute atomic E-state index is 0.0640. The summed E-state index contributed by atoms with van der Waals surface area (Å²) in [5.41, 5.74) is 4.65. The number of hydrogen-bond donors (Lipinski definition) is 2. The Hall–Kier alpha value is -3.02. The second kappa shape index (κ2) is 8.73. The van der Waals surface area contributed by atoms with Crippen molar-refractivity contribution in [1.82, 2.24) is 0 Å². The molecule has 2 N–H and O–H groups in total. The molecule has 25 heavy (non-hydrogen) atoms. The summed E-state index contributed by atoms with van der Waals surface area (Å²) in [5.74, 6) is 0.416. The summed E-state index contributed by atoms with van der Waals surface area (Å²) in [6, 6.07) is 12.0. The average molecular weight is 342 g/mol. The van der Waals surface area contributed by atoms with Gasteiger partial charge in [0.15, 0.2) is 11.5 Å². The number of anilines is 1. The van der Waals surface area contributed by atoms with Crippen molar-refractivity contribution in [3.63, 3.8) is 0 Å². The first kappa shape index (κ1) is 18.3. The normalized spacial score (nSPS) is 10.9. The maximum atomic E-state index is 10.8. The number of ether oxygens (including phenoxy) is 2. The highest BCUT2D eigenvalue weighted by atomic mass is 16.5. The molecule has 6 heteroatoms. The molecule has 0 unspecified atom stereocenters. The van der Waals surface area contributed by atoms with E-state index >= 15 is 0 Å². The zero-order valence-corrected chi connectivity index (χ0v) is 14.5. The molecule has 2 rings (SSSR count). The molecule has 0 aliphatic carbocycles. The van der Waals surface area contributed by atoms with E-state index in [1.165, 1.54) is 12.1 Å². The minimum atomic E-state index is -0.956. The van der Waals surface area contributed by atoms with Gasteiger partial charge in [0, 0.05) is 0 Å². The molecule has 0 fully saturated rings. The average Bonchev–Trinajstić information content (AvgIpc) is 2.57. The standard InChI is InChI=1S/C19H22N2O4/c1-4-24-18-11-14(5-10-17(18)25-13(2)3)12-20-21-16-8-6-15(7-9-16)19(22)23/h5-13,21H,4H2,1-3H3,(H,22,23)/b20-12+. The lowest BCUT2D eigenvalue weighted by Crippen LogP contribution is -2.07. The molecule has 0 atom stereocenters. The van der Waals surface area contributed by atoms with Gasteiger partial charge < -0.3 is 14.6 Å². The predicted octanol–water partition coefficient (Wildman–Crippen LogP) is 4.02. The van der Waals surface area contributed by atoms with Crippen LogP contribution in [-0.2, 0) is 0 Å². The number of nitrogens with zero attached hydrogens (tertiary/aromatic N) is 1. The largest absolute Gasteiger partial charge is 0.490 e. The molecule has 0 aromatic heterocycles. The van der Waals surface area contributed by atoms with Gasteiger partial charge >= 0.3 is 5.97 Å². The maximum Gasteiger partial charge on any atom is 0.335 e. The van der Waals surface area contributed by atoms with Crippen LogP contribution in [0.25, 0.3) is 0 Å². The predicted molar refractivity (Wildman–Crippen MR) is 98.0 cm³/mol. The third-order valence-electron chi connectivity index (χ3n) is 3.17. The maximum absolute atomic E-state index is 10.8. The van der Waals surface area contributed by atoms with E-state index in [0.29, 0.717) is 23.8 Å². The van der Waals surface area contributed by atoms with Gasteiger partial charge in [-0.25, -0.2) is 4.79 Å². The molecule has 0 spiro atoms. The fourth-order valence-electron chi connectivity index (χ4n) is 2.09. The van der Waals surface area contributed by atoms with Crippen LogP contribution in [0, 0.1) is 0 Å². The Morgan fingerprint density at radius 2 is 1.92 bits per heavy atom. The van der Waals surface area contributed by atoms with Crippen LogP contribution in [0.3, 0.4) is 0 Å². The Kier molecular flexibility index (Phi) is 6.39. The molecule has 0 saturated carbocycles. The Balaban J connectivity index is 2.06. The van der Waals surface area contributed by atoms with Crippen molar-refractivity contribution >= 4 is 17.9 Å². The topological polar surface area (TPSA) is 80.2 Å². The minimum Gasteiger partial charge on any atom is -0.490 e. The summed E-state index contributed by atoms with van der Waals surface area (Å²) in [7, 11) is 0. The zero-order valence-electron chi connectivity index (χ0n) is 14.5. The van der Waals surface area contributed by atoms with Crippen molar-refractivity contribution < 1.29 is 19.4 Å². The zero-order chi connectivity index (χ0) is 18.2. The number of carbonyl (C=O) groups is 1. The van der Waals surface area contributed by atoms with Crippen LogP contribution in [0.5, 0.6) is 11.5 Å². The quantitative estimate of drug-likeness (QED) is 0.559. The highest BCUT2D eigenvalue weighted by molar-refractivity contribution is 5.88. The van der Waals surface area contributed by atoms with Gasteiger partial charge in [-0.15, -0.1) is 0 Å². The van der Waals surface area contributed by atoms with E-state index in [-0.39, 0.29) is 11.7 Å². The molecule has 0 bridgehead atoms. The first-order valence-electron chi connectivity index (χ1n) is 8.05. The summed E-state index contributed by atoms with van der Waals surface area (Å²) in [6.45, 7) is 6.39. The van der Waals surface area contributed by atoms with Gasteiger partial charge in [-0.05, 0) is 68.8 Å². The van der Waals surface area contributed by atoms with Crippen LogP contribution in [0.15, 0.2) is 47.6 Å². The van der Waals surface area contributed by atoms with Crippen molar-refractivity contribution in [3.05, 3.63) is 53.6 Å². The third-order valence-corrected chi connectivity index (χ3v) is 3.17. The van der Waals surface area contributed by atoms with Crippen molar-refractivity contribution in [2.75, 3.05) is 12.0 Å². The molecule has 0 radical (unpaired) electrons. The fraction of sp³-hybridized carbons (Fsp3) is 0.263. The molecule has 0 amide bonds. The van der Waals surface area contributed by atoms with Crippen LogP contribution >= 0.6 is 0 Å². The number of hydrazone groups is 1. The third kappa shape index (κ3) is 5.53. The molecule has 2 aromatic carbocycles. The Bertz CT molecular complexity index is 740. The van der Waals surface area contributed by atoms with Gasteiger partial charge in [0.2, 0.25) is 0 Å². The lowest BCUT2D eigenvalue weighted by atomic mass is 10.2. The van der Waals surface area contributed by atoms with Crippen LogP contribution in [0.2, 0.25) is 0 Å². The van der Waals surface area contributed by atoms with Gasteiger partial charge in [-0.1, -0.05) is 0 Å². The van der Waals surface area contributed by atoms with Gasteiger partial charge in [0.05, 0.1) is 30.2 Å². The number of benzene rings is 2. The van der Waals surface area contributed by atoms with Crippen LogP contribution in [-0.4, -0.2) is 30.0 Å². The number of rotatable bonds is 8. The fourth-order valence-corrected chi connectivity index (χ4v) is 2.09. The SMILES string of the molecule is CCOc1cc(/C=N/Nc2ccc(C(=O)O)cc2)ccc1OC(C)C. The first-order chi connectivity index (χ1) is 12.0. The Labute approximate surface area is 147 Å². The monoisotopic (exact) mass is 342 g/mol. The van der Waals surface area contributed by atoms with Gasteiger partial charge in [0.1, 0.15) is 0 Å². The van der Waals surface area contributed by atoms with E-state index in [4.69, 9.17) is 14.6 Å². The number of aromatic carboxylic acids is 1. The molecule has 0 heterocycles. The van der Waals surface area contributed by atoms with Gasteiger partial charge in [-0.2, -0.15) is 5.10 Å². The number of hydrogen-bond acceptors (Lipinski definition) is 5. The second-order valence-corrected chi connectivity index (χ2v) is 5.56. The van der Waals surface area contributed by atoms with Crippen LogP contribution < -0.4 is 14.9 Å². The first-order valence-corrected chi connectivity index (χ1v) is 8.05. The Morgan fingerprint density at radius 3 is 2.52 bits per heavy atom.